The number of nitrogens with one attached hydrogen (secondary N) is 1. The second kappa shape index (κ2) is 6.76. The van der Waals surface area contributed by atoms with Crippen molar-refractivity contribution in [1.82, 2.24) is 5.43 Å². The Morgan fingerprint density at radius 2 is 2.00 bits per heavy atom. The molecule has 0 saturated carbocycles. The molecule has 2 N–H and O–H groups in total. The zero-order chi connectivity index (χ0) is 15.2. The van der Waals surface area contributed by atoms with Crippen molar-refractivity contribution in [2.24, 2.45) is 5.10 Å². The summed E-state index contributed by atoms with van der Waals surface area (Å²) >= 11 is 5.81. The third-order valence-corrected chi connectivity index (χ3v) is 2.95. The molecular weight excluding hydrogens is 292 g/mol. The van der Waals surface area contributed by atoms with Crippen LogP contribution in [0, 0.1) is 0 Å². The Labute approximate surface area is 126 Å². The molecule has 0 saturated heterocycles. The van der Waals surface area contributed by atoms with Crippen LogP contribution in [-0.4, -0.2) is 24.3 Å². The van der Waals surface area contributed by atoms with Crippen LogP contribution in [-0.2, 0) is 0 Å². The zero-order valence-electron chi connectivity index (χ0n) is 11.2. The highest BCUT2D eigenvalue weighted by atomic mass is 35.5. The van der Waals surface area contributed by atoms with Crippen molar-refractivity contribution in [3.05, 3.63) is 58.6 Å². The second-order valence-corrected chi connectivity index (χ2v) is 4.57. The first kappa shape index (κ1) is 14.9. The molecule has 5 nitrogen and oxygen atoms in total. The van der Waals surface area contributed by atoms with Crippen molar-refractivity contribution in [3.63, 3.8) is 0 Å². The minimum absolute atomic E-state index is 0.0295. The number of nitrogens with zero attached hydrogens (tertiary/aromatic N) is 1. The number of carbonyl (C=O) groups excluding carboxylic acids is 1. The number of phenols is 1. The lowest BCUT2D eigenvalue weighted by Gasteiger charge is -2.02. The lowest BCUT2D eigenvalue weighted by Crippen LogP contribution is -2.17. The normalized spacial score (nSPS) is 10.6. The van der Waals surface area contributed by atoms with Crippen LogP contribution < -0.4 is 10.2 Å². The van der Waals surface area contributed by atoms with E-state index < -0.39 is 0 Å². The number of halogens is 1. The molecule has 2 aromatic carbocycles. The molecule has 2 rings (SSSR count). The summed E-state index contributed by atoms with van der Waals surface area (Å²) in [6.45, 7) is 0. The summed E-state index contributed by atoms with van der Waals surface area (Å²) < 4.78 is 5.01. The predicted octanol–water partition coefficient (Wildman–Crippen LogP) is 2.82. The molecule has 1 amide bonds. The third kappa shape index (κ3) is 3.97. The molecule has 0 fully saturated rings. The van der Waals surface area contributed by atoms with E-state index in [-0.39, 0.29) is 11.7 Å². The van der Waals surface area contributed by atoms with Crippen molar-refractivity contribution in [3.8, 4) is 11.5 Å². The van der Waals surface area contributed by atoms with Gasteiger partial charge >= 0.3 is 0 Å². The van der Waals surface area contributed by atoms with E-state index in [4.69, 9.17) is 16.3 Å². The van der Waals surface area contributed by atoms with Gasteiger partial charge in [-0.2, -0.15) is 5.10 Å². The maximum absolute atomic E-state index is 11.8. The monoisotopic (exact) mass is 304 g/mol. The number of hydrogen-bond acceptors (Lipinski definition) is 4. The molecule has 0 atom stereocenters. The Balaban J connectivity index is 2.02. The smallest absolute Gasteiger partial charge is 0.271 e. The third-order valence-electron chi connectivity index (χ3n) is 2.71. The predicted molar refractivity (Wildman–Crippen MR) is 81.2 cm³/mol. The Morgan fingerprint density at radius 3 is 2.67 bits per heavy atom. The fourth-order valence-electron chi connectivity index (χ4n) is 1.60. The van der Waals surface area contributed by atoms with E-state index in [0.717, 1.165) is 0 Å². The van der Waals surface area contributed by atoms with Gasteiger partial charge in [0.25, 0.3) is 5.91 Å². The fourth-order valence-corrected chi connectivity index (χ4v) is 1.78. The van der Waals surface area contributed by atoms with Gasteiger partial charge in [0.2, 0.25) is 0 Å². The van der Waals surface area contributed by atoms with E-state index >= 15 is 0 Å². The van der Waals surface area contributed by atoms with Crippen molar-refractivity contribution in [2.45, 2.75) is 0 Å². The molecule has 0 spiro atoms. The highest BCUT2D eigenvalue weighted by molar-refractivity contribution is 6.30. The molecule has 21 heavy (non-hydrogen) atoms. The summed E-state index contributed by atoms with van der Waals surface area (Å²) in [4.78, 5) is 11.8. The van der Waals surface area contributed by atoms with E-state index in [1.54, 1.807) is 43.5 Å². The number of benzene rings is 2. The van der Waals surface area contributed by atoms with E-state index in [1.165, 1.54) is 12.3 Å². The molecule has 0 aliphatic rings. The van der Waals surface area contributed by atoms with Gasteiger partial charge in [-0.3, -0.25) is 4.79 Å². The minimum Gasteiger partial charge on any atom is -0.507 e. The summed E-state index contributed by atoms with van der Waals surface area (Å²) in [5.74, 6) is 0.330. The standard InChI is InChI=1S/C15H13ClN2O3/c1-21-13-5-2-10(3-6-13)15(20)18-17-9-11-8-12(16)4-7-14(11)19/h2-9,19H,1H3,(H,18,20)/b17-9+. The molecule has 0 unspecified atom stereocenters. The van der Waals surface area contributed by atoms with Gasteiger partial charge in [0.05, 0.1) is 13.3 Å². The molecule has 0 aromatic heterocycles. The first-order valence-electron chi connectivity index (χ1n) is 6.06. The Bertz CT molecular complexity index is 669. The lowest BCUT2D eigenvalue weighted by atomic mass is 10.2. The van der Waals surface area contributed by atoms with E-state index in [2.05, 4.69) is 10.5 Å². The van der Waals surface area contributed by atoms with Crippen LogP contribution in [0.5, 0.6) is 11.5 Å². The molecule has 0 radical (unpaired) electrons. The molecule has 6 heteroatoms. The van der Waals surface area contributed by atoms with E-state index in [1.807, 2.05) is 0 Å². The number of hydrazone groups is 1. The lowest BCUT2D eigenvalue weighted by molar-refractivity contribution is 0.0955. The van der Waals surface area contributed by atoms with Gasteiger partial charge in [0.15, 0.2) is 0 Å². The number of phenolic OH excluding ortho intramolecular Hbond substituents is 1. The highest BCUT2D eigenvalue weighted by Gasteiger charge is 2.04. The number of amides is 1. The van der Waals surface area contributed by atoms with Gasteiger partial charge in [0.1, 0.15) is 11.5 Å². The number of rotatable bonds is 4. The van der Waals surface area contributed by atoms with Gasteiger partial charge in [-0.25, -0.2) is 5.43 Å². The summed E-state index contributed by atoms with van der Waals surface area (Å²) in [6.07, 6.45) is 1.32. The largest absolute Gasteiger partial charge is 0.507 e. The number of methoxy groups -OCH3 is 1. The highest BCUT2D eigenvalue weighted by Crippen LogP contribution is 2.19. The second-order valence-electron chi connectivity index (χ2n) is 4.13. The molecule has 0 heterocycles. The van der Waals surface area contributed by atoms with Crippen LogP contribution in [0.4, 0.5) is 0 Å². The Kier molecular flexibility index (Phi) is 4.79. The van der Waals surface area contributed by atoms with Crippen molar-refractivity contribution >= 4 is 23.7 Å². The molecule has 0 aliphatic heterocycles. The van der Waals surface area contributed by atoms with Crippen LogP contribution in [0.2, 0.25) is 5.02 Å². The SMILES string of the molecule is COc1ccc(C(=O)N/N=C/c2cc(Cl)ccc2O)cc1. The number of hydrogen-bond donors (Lipinski definition) is 2. The molecule has 2 aromatic rings. The zero-order valence-corrected chi connectivity index (χ0v) is 12.0. The molecule has 0 aliphatic carbocycles. The van der Waals surface area contributed by atoms with Gasteiger partial charge in [-0.05, 0) is 42.5 Å². The summed E-state index contributed by atoms with van der Waals surface area (Å²) in [5.41, 5.74) is 3.23. The average molecular weight is 305 g/mol. The Morgan fingerprint density at radius 1 is 1.29 bits per heavy atom. The average Bonchev–Trinajstić information content (AvgIpc) is 2.50. The number of ether oxygens (including phenoxy) is 1. The van der Waals surface area contributed by atoms with Gasteiger partial charge in [0, 0.05) is 16.1 Å². The van der Waals surface area contributed by atoms with Gasteiger partial charge < -0.3 is 9.84 Å². The molecule has 0 bridgehead atoms. The summed E-state index contributed by atoms with van der Waals surface area (Å²) in [6, 6.07) is 11.2. The number of aromatic hydroxyl groups is 1. The van der Waals surface area contributed by atoms with Gasteiger partial charge in [-0.15, -0.1) is 0 Å². The number of carbonyl (C=O) groups is 1. The van der Waals surface area contributed by atoms with Crippen molar-refractivity contribution < 1.29 is 14.6 Å². The van der Waals surface area contributed by atoms with Gasteiger partial charge in [-0.1, -0.05) is 11.6 Å². The van der Waals surface area contributed by atoms with Crippen LogP contribution >= 0.6 is 11.6 Å². The van der Waals surface area contributed by atoms with Crippen LogP contribution in [0.25, 0.3) is 0 Å². The molecular formula is C15H13ClN2O3. The first-order chi connectivity index (χ1) is 10.1. The van der Waals surface area contributed by atoms with Crippen LogP contribution in [0.3, 0.4) is 0 Å². The Hall–Kier alpha value is -2.53. The topological polar surface area (TPSA) is 70.9 Å². The van der Waals surface area contributed by atoms with Crippen LogP contribution in [0.15, 0.2) is 47.6 Å². The maximum Gasteiger partial charge on any atom is 0.271 e. The molecule has 108 valence electrons. The van der Waals surface area contributed by atoms with E-state index in [9.17, 15) is 9.90 Å². The van der Waals surface area contributed by atoms with Crippen molar-refractivity contribution in [2.75, 3.05) is 7.11 Å². The minimum atomic E-state index is -0.365. The maximum atomic E-state index is 11.8. The summed E-state index contributed by atoms with van der Waals surface area (Å²) in [7, 11) is 1.55. The van der Waals surface area contributed by atoms with Crippen LogP contribution in [0.1, 0.15) is 15.9 Å². The van der Waals surface area contributed by atoms with Crippen molar-refractivity contribution in [1.29, 1.82) is 0 Å². The quantitative estimate of drug-likeness (QED) is 0.674. The first-order valence-corrected chi connectivity index (χ1v) is 6.44. The van der Waals surface area contributed by atoms with E-state index in [0.29, 0.717) is 21.9 Å². The fraction of sp³-hybridized carbons (Fsp3) is 0.0667. The summed E-state index contributed by atoms with van der Waals surface area (Å²) in [5, 5.41) is 13.9.